The van der Waals surface area contributed by atoms with Crippen molar-refractivity contribution in [2.24, 2.45) is 7.05 Å². The Morgan fingerprint density at radius 2 is 1.83 bits per heavy atom. The van der Waals surface area contributed by atoms with Crippen molar-refractivity contribution in [3.8, 4) is 22.5 Å². The predicted octanol–water partition coefficient (Wildman–Crippen LogP) is 4.30. The van der Waals surface area contributed by atoms with E-state index in [1.165, 1.54) is 0 Å². The van der Waals surface area contributed by atoms with Gasteiger partial charge in [0.15, 0.2) is 5.82 Å². The Kier molecular flexibility index (Phi) is 4.52. The minimum absolute atomic E-state index is 0.0106. The highest BCUT2D eigenvalue weighted by Crippen LogP contribution is 2.30. The third kappa shape index (κ3) is 3.97. The van der Waals surface area contributed by atoms with Gasteiger partial charge in [-0.2, -0.15) is 0 Å². The number of imidazole rings is 1. The highest BCUT2D eigenvalue weighted by molar-refractivity contribution is 5.80. The second-order valence-electron chi connectivity index (χ2n) is 7.07. The number of tetrazole rings is 1. The van der Waals surface area contributed by atoms with E-state index in [0.717, 1.165) is 40.9 Å². The molecule has 4 rings (SSSR count). The summed E-state index contributed by atoms with van der Waals surface area (Å²) in [6.07, 6.45) is 3.64. The maximum Gasteiger partial charge on any atom is 0.182 e. The van der Waals surface area contributed by atoms with E-state index in [2.05, 4.69) is 62.3 Å². The second-order valence-corrected chi connectivity index (χ2v) is 7.07. The van der Waals surface area contributed by atoms with Crippen molar-refractivity contribution in [3.05, 3.63) is 71.8 Å². The molecule has 148 valence electrons. The summed E-state index contributed by atoms with van der Waals surface area (Å²) in [5.41, 5.74) is 4.86. The van der Waals surface area contributed by atoms with Crippen LogP contribution in [-0.2, 0) is 26.4 Å². The average molecular weight is 390 g/mol. The molecule has 0 atom stereocenters. The molecule has 0 aliphatic carbocycles. The highest BCUT2D eigenvalue weighted by atomic mass is 15.5. The smallest absolute Gasteiger partial charge is 0.182 e. The summed E-state index contributed by atoms with van der Waals surface area (Å²) in [5, 5.41) is 11.9. The monoisotopic (exact) mass is 389 g/mol. The Bertz CT molecular complexity index is 1190. The molecule has 0 unspecified atom stereocenters. The summed E-state index contributed by atoms with van der Waals surface area (Å²) in [6.45, 7) is 0.732. The van der Waals surface area contributed by atoms with E-state index >= 15 is 0 Å². The Morgan fingerprint density at radius 3 is 2.52 bits per heavy atom. The SMILES string of the molecule is [2H]C([2H])([2H])Cc1cn(Cc2ccc(-c3ccccc3-c3nnnn3C)cc2)c(CCC)n1. The van der Waals surface area contributed by atoms with Gasteiger partial charge in [-0.05, 0) is 40.0 Å². The van der Waals surface area contributed by atoms with E-state index in [0.29, 0.717) is 18.1 Å². The molecule has 29 heavy (non-hydrogen) atoms. The third-order valence-corrected chi connectivity index (χ3v) is 4.97. The number of aromatic nitrogens is 6. The van der Waals surface area contributed by atoms with E-state index in [1.807, 2.05) is 31.4 Å². The van der Waals surface area contributed by atoms with Crippen molar-refractivity contribution in [3.63, 3.8) is 0 Å². The first kappa shape index (κ1) is 15.6. The zero-order valence-corrected chi connectivity index (χ0v) is 16.7. The van der Waals surface area contributed by atoms with Crippen molar-refractivity contribution >= 4 is 0 Å². The van der Waals surface area contributed by atoms with Gasteiger partial charge in [0, 0.05) is 35.9 Å². The summed E-state index contributed by atoms with van der Waals surface area (Å²) in [4.78, 5) is 4.58. The van der Waals surface area contributed by atoms with Gasteiger partial charge >= 0.3 is 0 Å². The average Bonchev–Trinajstić information content (AvgIpc) is 3.33. The van der Waals surface area contributed by atoms with Crippen LogP contribution in [0.25, 0.3) is 22.5 Å². The second kappa shape index (κ2) is 8.39. The van der Waals surface area contributed by atoms with Crippen molar-refractivity contribution < 1.29 is 4.11 Å². The molecule has 2 heterocycles. The summed E-state index contributed by atoms with van der Waals surface area (Å²) in [6, 6.07) is 16.5. The fourth-order valence-corrected chi connectivity index (χ4v) is 3.53. The number of hydrogen-bond donors (Lipinski definition) is 0. The topological polar surface area (TPSA) is 61.4 Å². The summed E-state index contributed by atoms with van der Waals surface area (Å²) >= 11 is 0. The standard InChI is InChI=1S/C23H26N6/c1-4-8-22-24-19(5-2)16-29(22)15-17-11-13-18(14-12-17)20-9-6-7-10-21(20)23-25-26-27-28(23)3/h6-7,9-14,16H,4-5,8,15H2,1-3H3/i2D3. The van der Waals surface area contributed by atoms with E-state index < -0.39 is 6.85 Å². The normalized spacial score (nSPS) is 13.1. The zero-order valence-electron chi connectivity index (χ0n) is 19.7. The molecule has 0 bridgehead atoms. The van der Waals surface area contributed by atoms with Crippen molar-refractivity contribution in [2.45, 2.75) is 39.6 Å². The van der Waals surface area contributed by atoms with Gasteiger partial charge in [0.25, 0.3) is 0 Å². The van der Waals surface area contributed by atoms with Crippen molar-refractivity contribution in [2.75, 3.05) is 0 Å². The zero-order chi connectivity index (χ0) is 22.7. The summed E-state index contributed by atoms with van der Waals surface area (Å²) in [5.74, 6) is 1.64. The number of aryl methyl sites for hydroxylation is 3. The fourth-order valence-electron chi connectivity index (χ4n) is 3.53. The number of hydrogen-bond acceptors (Lipinski definition) is 4. The molecule has 0 spiro atoms. The molecule has 0 saturated carbocycles. The van der Waals surface area contributed by atoms with Gasteiger partial charge in [0.05, 0.1) is 5.69 Å². The largest absolute Gasteiger partial charge is 0.330 e. The van der Waals surface area contributed by atoms with Gasteiger partial charge in [-0.3, -0.25) is 0 Å². The van der Waals surface area contributed by atoms with E-state index in [1.54, 1.807) is 4.68 Å². The Labute approximate surface area is 175 Å². The Balaban J connectivity index is 1.59. The molecule has 0 saturated heterocycles. The van der Waals surface area contributed by atoms with Gasteiger partial charge in [-0.1, -0.05) is 62.3 Å². The summed E-state index contributed by atoms with van der Waals surface area (Å²) in [7, 11) is 1.83. The molecule has 2 aromatic carbocycles. The van der Waals surface area contributed by atoms with Gasteiger partial charge in [0.1, 0.15) is 5.82 Å². The van der Waals surface area contributed by atoms with Gasteiger partial charge in [-0.25, -0.2) is 9.67 Å². The lowest BCUT2D eigenvalue weighted by Crippen LogP contribution is -2.04. The Hall–Kier alpha value is -3.28. The molecule has 0 amide bonds. The van der Waals surface area contributed by atoms with Crippen molar-refractivity contribution in [1.82, 2.24) is 29.8 Å². The first-order chi connectivity index (χ1) is 15.3. The summed E-state index contributed by atoms with van der Waals surface area (Å²) < 4.78 is 26.3. The molecular weight excluding hydrogens is 360 g/mol. The lowest BCUT2D eigenvalue weighted by molar-refractivity contribution is 0.705. The van der Waals surface area contributed by atoms with Crippen LogP contribution in [0.4, 0.5) is 0 Å². The van der Waals surface area contributed by atoms with Crippen LogP contribution in [0, 0.1) is 0 Å². The van der Waals surface area contributed by atoms with Crippen LogP contribution in [0.3, 0.4) is 0 Å². The van der Waals surface area contributed by atoms with Gasteiger partial charge in [0.2, 0.25) is 0 Å². The lowest BCUT2D eigenvalue weighted by atomic mass is 9.98. The minimum Gasteiger partial charge on any atom is -0.330 e. The highest BCUT2D eigenvalue weighted by Gasteiger charge is 2.12. The molecule has 0 aliphatic heterocycles. The van der Waals surface area contributed by atoms with E-state index in [4.69, 9.17) is 4.11 Å². The van der Waals surface area contributed by atoms with Crippen LogP contribution in [-0.4, -0.2) is 29.8 Å². The van der Waals surface area contributed by atoms with E-state index in [9.17, 15) is 0 Å². The van der Waals surface area contributed by atoms with Gasteiger partial charge < -0.3 is 4.57 Å². The van der Waals surface area contributed by atoms with Crippen molar-refractivity contribution in [1.29, 1.82) is 0 Å². The minimum atomic E-state index is -2.02. The molecule has 2 aromatic heterocycles. The lowest BCUT2D eigenvalue weighted by Gasteiger charge is -2.11. The quantitative estimate of drug-likeness (QED) is 0.473. The van der Waals surface area contributed by atoms with Crippen LogP contribution in [0.2, 0.25) is 0 Å². The number of rotatable bonds is 7. The molecule has 0 aliphatic rings. The first-order valence-electron chi connectivity index (χ1n) is 11.3. The molecule has 0 fully saturated rings. The molecule has 4 aromatic rings. The van der Waals surface area contributed by atoms with Crippen LogP contribution in [0.1, 0.15) is 41.4 Å². The molecule has 6 nitrogen and oxygen atoms in total. The molecule has 6 heteroatoms. The predicted molar refractivity (Wildman–Crippen MR) is 114 cm³/mol. The number of nitrogens with zero attached hydrogens (tertiary/aromatic N) is 6. The van der Waals surface area contributed by atoms with E-state index in [-0.39, 0.29) is 6.42 Å². The Morgan fingerprint density at radius 1 is 1.03 bits per heavy atom. The molecule has 0 radical (unpaired) electrons. The van der Waals surface area contributed by atoms with Crippen LogP contribution in [0.15, 0.2) is 54.7 Å². The first-order valence-corrected chi connectivity index (χ1v) is 9.80. The number of benzene rings is 2. The third-order valence-electron chi connectivity index (χ3n) is 4.97. The molecule has 0 N–H and O–H groups in total. The van der Waals surface area contributed by atoms with Crippen LogP contribution >= 0.6 is 0 Å². The fraction of sp³-hybridized carbons (Fsp3) is 0.304. The maximum atomic E-state index is 7.53. The van der Waals surface area contributed by atoms with Crippen LogP contribution < -0.4 is 0 Å². The molecular formula is C23H26N6. The van der Waals surface area contributed by atoms with Gasteiger partial charge in [-0.15, -0.1) is 5.10 Å². The maximum absolute atomic E-state index is 7.53. The van der Waals surface area contributed by atoms with Crippen LogP contribution in [0.5, 0.6) is 0 Å².